The van der Waals surface area contributed by atoms with Gasteiger partial charge in [0.2, 0.25) is 0 Å². The van der Waals surface area contributed by atoms with E-state index in [-0.39, 0.29) is 19.0 Å². The van der Waals surface area contributed by atoms with Crippen molar-refractivity contribution < 1.29 is 14.6 Å². The van der Waals surface area contributed by atoms with Crippen LogP contribution in [0.4, 0.5) is 0 Å². The molecular formula is C12H23NO3. The van der Waals surface area contributed by atoms with Crippen LogP contribution in [0.15, 0.2) is 0 Å². The van der Waals surface area contributed by atoms with Gasteiger partial charge in [-0.05, 0) is 45.3 Å². The van der Waals surface area contributed by atoms with E-state index < -0.39 is 0 Å². The standard InChI is InChI=1S/C12H23NO3/c1-13-5-2-10(3-6-13)8-12-15-9-11(16-12)4-7-14/h10-12,14H,2-9H2,1H3. The van der Waals surface area contributed by atoms with Crippen molar-refractivity contribution in [3.8, 4) is 0 Å². The second-order valence-corrected chi connectivity index (χ2v) is 5.02. The van der Waals surface area contributed by atoms with Crippen molar-refractivity contribution in [2.75, 3.05) is 33.4 Å². The Balaban J connectivity index is 1.67. The Morgan fingerprint density at radius 3 is 2.75 bits per heavy atom. The molecule has 2 unspecified atom stereocenters. The van der Waals surface area contributed by atoms with Crippen LogP contribution in [0.3, 0.4) is 0 Å². The Morgan fingerprint density at radius 1 is 1.31 bits per heavy atom. The molecule has 0 bridgehead atoms. The summed E-state index contributed by atoms with van der Waals surface area (Å²) >= 11 is 0. The molecule has 0 amide bonds. The van der Waals surface area contributed by atoms with Crippen LogP contribution >= 0.6 is 0 Å². The normalized spacial score (nSPS) is 33.4. The van der Waals surface area contributed by atoms with E-state index in [1.807, 2.05) is 0 Å². The number of hydrogen-bond donors (Lipinski definition) is 1. The van der Waals surface area contributed by atoms with Crippen LogP contribution in [0.1, 0.15) is 25.7 Å². The molecule has 0 saturated carbocycles. The lowest BCUT2D eigenvalue weighted by atomic mass is 9.94. The smallest absolute Gasteiger partial charge is 0.158 e. The largest absolute Gasteiger partial charge is 0.396 e. The minimum atomic E-state index is -0.0232. The van der Waals surface area contributed by atoms with Gasteiger partial charge in [-0.2, -0.15) is 0 Å². The van der Waals surface area contributed by atoms with Gasteiger partial charge in [0, 0.05) is 13.0 Å². The number of hydrogen-bond acceptors (Lipinski definition) is 4. The van der Waals surface area contributed by atoms with Crippen molar-refractivity contribution in [1.29, 1.82) is 0 Å². The lowest BCUT2D eigenvalue weighted by Crippen LogP contribution is -2.32. The predicted octanol–water partition coefficient (Wildman–Crippen LogP) is 0.842. The number of ether oxygens (including phenoxy) is 2. The summed E-state index contributed by atoms with van der Waals surface area (Å²) in [5, 5.41) is 8.82. The maximum atomic E-state index is 8.82. The molecule has 2 aliphatic heterocycles. The van der Waals surface area contributed by atoms with Crippen LogP contribution in [0, 0.1) is 5.92 Å². The number of aliphatic hydroxyl groups is 1. The lowest BCUT2D eigenvalue weighted by Gasteiger charge is -2.29. The number of aliphatic hydroxyl groups excluding tert-OH is 1. The summed E-state index contributed by atoms with van der Waals surface area (Å²) < 4.78 is 11.3. The van der Waals surface area contributed by atoms with Gasteiger partial charge in [0.25, 0.3) is 0 Å². The van der Waals surface area contributed by atoms with Crippen molar-refractivity contribution >= 4 is 0 Å². The first-order valence-corrected chi connectivity index (χ1v) is 6.34. The molecule has 16 heavy (non-hydrogen) atoms. The van der Waals surface area contributed by atoms with Crippen LogP contribution in [0.5, 0.6) is 0 Å². The van der Waals surface area contributed by atoms with Crippen molar-refractivity contribution in [3.05, 3.63) is 0 Å². The third-order valence-corrected chi connectivity index (χ3v) is 3.63. The zero-order chi connectivity index (χ0) is 11.4. The number of nitrogens with zero attached hydrogens (tertiary/aromatic N) is 1. The molecule has 0 radical (unpaired) electrons. The van der Waals surface area contributed by atoms with E-state index >= 15 is 0 Å². The van der Waals surface area contributed by atoms with Gasteiger partial charge in [0.15, 0.2) is 6.29 Å². The molecule has 0 aromatic carbocycles. The van der Waals surface area contributed by atoms with Gasteiger partial charge in [-0.1, -0.05) is 0 Å². The first kappa shape index (κ1) is 12.3. The monoisotopic (exact) mass is 229 g/mol. The Kier molecular flexibility index (Phi) is 4.58. The molecule has 0 aliphatic carbocycles. The average molecular weight is 229 g/mol. The molecule has 2 heterocycles. The molecule has 2 saturated heterocycles. The predicted molar refractivity (Wildman–Crippen MR) is 61.2 cm³/mol. The van der Waals surface area contributed by atoms with Crippen LogP contribution in [-0.4, -0.2) is 55.8 Å². The molecule has 2 fully saturated rings. The molecule has 0 spiro atoms. The molecule has 4 nitrogen and oxygen atoms in total. The second kappa shape index (κ2) is 5.96. The van der Waals surface area contributed by atoms with E-state index in [0.717, 1.165) is 12.3 Å². The van der Waals surface area contributed by atoms with Crippen LogP contribution in [0.2, 0.25) is 0 Å². The fraction of sp³-hybridized carbons (Fsp3) is 1.00. The van der Waals surface area contributed by atoms with E-state index in [2.05, 4.69) is 11.9 Å². The highest BCUT2D eigenvalue weighted by molar-refractivity contribution is 4.74. The van der Waals surface area contributed by atoms with Gasteiger partial charge >= 0.3 is 0 Å². The summed E-state index contributed by atoms with van der Waals surface area (Å²) in [6.07, 6.45) is 4.32. The Bertz CT molecular complexity index is 204. The number of likely N-dealkylation sites (tertiary alicyclic amines) is 1. The highest BCUT2D eigenvalue weighted by atomic mass is 16.7. The molecule has 2 atom stereocenters. The van der Waals surface area contributed by atoms with E-state index in [1.54, 1.807) is 0 Å². The quantitative estimate of drug-likeness (QED) is 0.776. The van der Waals surface area contributed by atoms with Crippen molar-refractivity contribution in [2.45, 2.75) is 38.1 Å². The maximum Gasteiger partial charge on any atom is 0.158 e. The second-order valence-electron chi connectivity index (χ2n) is 5.02. The molecule has 0 aromatic heterocycles. The first-order chi connectivity index (χ1) is 7.78. The summed E-state index contributed by atoms with van der Waals surface area (Å²) in [4.78, 5) is 2.38. The van der Waals surface area contributed by atoms with Crippen molar-refractivity contribution in [3.63, 3.8) is 0 Å². The fourth-order valence-electron chi connectivity index (χ4n) is 2.50. The molecule has 4 heteroatoms. The lowest BCUT2D eigenvalue weighted by molar-refractivity contribution is -0.0771. The summed E-state index contributed by atoms with van der Waals surface area (Å²) in [5.74, 6) is 0.745. The third kappa shape index (κ3) is 3.42. The van der Waals surface area contributed by atoms with Crippen molar-refractivity contribution in [2.24, 2.45) is 5.92 Å². The Morgan fingerprint density at radius 2 is 2.06 bits per heavy atom. The van der Waals surface area contributed by atoms with Gasteiger partial charge in [-0.3, -0.25) is 0 Å². The van der Waals surface area contributed by atoms with Gasteiger partial charge < -0.3 is 19.5 Å². The Hall–Kier alpha value is -0.160. The summed E-state index contributed by atoms with van der Waals surface area (Å²) in [7, 11) is 2.18. The zero-order valence-corrected chi connectivity index (χ0v) is 10.1. The van der Waals surface area contributed by atoms with E-state index in [0.29, 0.717) is 13.0 Å². The molecule has 94 valence electrons. The van der Waals surface area contributed by atoms with Gasteiger partial charge in [-0.25, -0.2) is 0 Å². The highest BCUT2D eigenvalue weighted by Crippen LogP contribution is 2.26. The minimum absolute atomic E-state index is 0.0232. The number of rotatable bonds is 4. The molecule has 1 N–H and O–H groups in total. The van der Waals surface area contributed by atoms with Crippen LogP contribution in [-0.2, 0) is 9.47 Å². The van der Waals surface area contributed by atoms with Crippen LogP contribution in [0.25, 0.3) is 0 Å². The first-order valence-electron chi connectivity index (χ1n) is 6.34. The minimum Gasteiger partial charge on any atom is -0.396 e. The number of piperidine rings is 1. The summed E-state index contributed by atoms with van der Waals surface area (Å²) in [5.41, 5.74) is 0. The highest BCUT2D eigenvalue weighted by Gasteiger charge is 2.29. The summed E-state index contributed by atoms with van der Waals surface area (Å²) in [6, 6.07) is 0. The van der Waals surface area contributed by atoms with E-state index in [9.17, 15) is 0 Å². The van der Waals surface area contributed by atoms with Gasteiger partial charge in [-0.15, -0.1) is 0 Å². The topological polar surface area (TPSA) is 41.9 Å². The fourth-order valence-corrected chi connectivity index (χ4v) is 2.50. The van der Waals surface area contributed by atoms with E-state index in [4.69, 9.17) is 14.6 Å². The zero-order valence-electron chi connectivity index (χ0n) is 10.1. The van der Waals surface area contributed by atoms with Crippen LogP contribution < -0.4 is 0 Å². The van der Waals surface area contributed by atoms with Gasteiger partial charge in [0.05, 0.1) is 12.7 Å². The van der Waals surface area contributed by atoms with Crippen molar-refractivity contribution in [1.82, 2.24) is 4.90 Å². The maximum absolute atomic E-state index is 8.82. The van der Waals surface area contributed by atoms with E-state index in [1.165, 1.54) is 25.9 Å². The molecule has 2 rings (SSSR count). The average Bonchev–Trinajstić information content (AvgIpc) is 2.70. The summed E-state index contributed by atoms with van der Waals surface area (Å²) in [6.45, 7) is 3.22. The molecule has 0 aromatic rings. The molecule has 2 aliphatic rings. The van der Waals surface area contributed by atoms with Gasteiger partial charge in [0.1, 0.15) is 0 Å². The Labute approximate surface area is 97.5 Å². The SMILES string of the molecule is CN1CCC(CC2OCC(CCO)O2)CC1. The molecular weight excluding hydrogens is 206 g/mol. The third-order valence-electron chi connectivity index (χ3n) is 3.63.